The minimum atomic E-state index is -0.738. The molecule has 0 fully saturated rings. The summed E-state index contributed by atoms with van der Waals surface area (Å²) < 4.78 is 6.16. The van der Waals surface area contributed by atoms with Gasteiger partial charge in [-0.25, -0.2) is 0 Å². The van der Waals surface area contributed by atoms with Gasteiger partial charge in [-0.15, -0.1) is 0 Å². The summed E-state index contributed by atoms with van der Waals surface area (Å²) in [5.74, 6) is -0.0800. The Balaban J connectivity index is 3.00. The molecule has 0 saturated carbocycles. The Hall–Kier alpha value is -1.43. The third kappa shape index (κ3) is 2.03. The van der Waals surface area contributed by atoms with Gasteiger partial charge in [-0.1, -0.05) is 0 Å². The third-order valence-electron chi connectivity index (χ3n) is 1.52. The summed E-state index contributed by atoms with van der Waals surface area (Å²) in [6.45, 7) is 2.92. The molecule has 0 aliphatic heterocycles. The maximum atomic E-state index is 10.7. The fourth-order valence-corrected chi connectivity index (χ4v) is 1.05. The number of aliphatic hydroxyl groups is 1. The molecule has 72 valence electrons. The molecule has 0 radical (unpaired) electrons. The predicted octanol–water partition coefficient (Wildman–Crippen LogP) is -0.489. The predicted molar refractivity (Wildman–Crippen MR) is 42.6 cm³/mol. The first-order chi connectivity index (χ1) is 6.02. The first-order valence-electron chi connectivity index (χ1n) is 3.84. The summed E-state index contributed by atoms with van der Waals surface area (Å²) in [7, 11) is 1.62. The van der Waals surface area contributed by atoms with Crippen LogP contribution in [0.1, 0.15) is 25.6 Å². The number of anilines is 1. The number of hydrogen-bond acceptors (Lipinski definition) is 4. The molecule has 0 spiro atoms. The average Bonchev–Trinajstić information content (AvgIpc) is 2.30. The maximum Gasteiger partial charge on any atom is 0.308 e. The third-order valence-corrected chi connectivity index (χ3v) is 1.52. The molecule has 1 rings (SSSR count). The highest BCUT2D eigenvalue weighted by molar-refractivity contribution is 5.87. The van der Waals surface area contributed by atoms with Crippen LogP contribution in [0, 0.1) is 0 Å². The molecular formula is C7H12N3O3+. The van der Waals surface area contributed by atoms with Crippen molar-refractivity contribution in [3.05, 3.63) is 5.69 Å². The Morgan fingerprint density at radius 1 is 1.77 bits per heavy atom. The second-order valence-electron chi connectivity index (χ2n) is 2.77. The Bertz CT molecular complexity index is 319. The van der Waals surface area contributed by atoms with E-state index in [1.165, 1.54) is 11.6 Å². The molecule has 1 atom stereocenters. The fourth-order valence-electron chi connectivity index (χ4n) is 1.05. The van der Waals surface area contributed by atoms with Crippen LogP contribution in [0.15, 0.2) is 4.52 Å². The second kappa shape index (κ2) is 3.53. The minimum Gasteiger partial charge on any atom is -0.382 e. The molecule has 1 aromatic rings. The lowest BCUT2D eigenvalue weighted by Gasteiger charge is -1.97. The van der Waals surface area contributed by atoms with Crippen molar-refractivity contribution in [1.29, 1.82) is 0 Å². The molecule has 1 aromatic heterocycles. The van der Waals surface area contributed by atoms with Crippen LogP contribution in [0.25, 0.3) is 0 Å². The van der Waals surface area contributed by atoms with Crippen LogP contribution in [-0.4, -0.2) is 16.3 Å². The Labute approximate surface area is 75.1 Å². The number of amides is 1. The van der Waals surface area contributed by atoms with Gasteiger partial charge in [-0.3, -0.25) is 14.6 Å². The van der Waals surface area contributed by atoms with Gasteiger partial charge in [0.1, 0.15) is 6.10 Å². The lowest BCUT2D eigenvalue weighted by atomic mass is 10.3. The molecule has 6 heteroatoms. The largest absolute Gasteiger partial charge is 0.382 e. The zero-order valence-corrected chi connectivity index (χ0v) is 7.74. The quantitative estimate of drug-likeness (QED) is 0.611. The highest BCUT2D eigenvalue weighted by Crippen LogP contribution is 2.17. The number of aliphatic hydroxyl groups excluding tert-OH is 1. The molecule has 0 aliphatic rings. The number of rotatable bonds is 2. The van der Waals surface area contributed by atoms with E-state index in [2.05, 4.69) is 10.6 Å². The molecule has 6 nitrogen and oxygen atoms in total. The number of aryl methyl sites for hydroxylation is 1. The first kappa shape index (κ1) is 9.66. The Kier molecular flexibility index (Phi) is 2.62. The van der Waals surface area contributed by atoms with Crippen LogP contribution >= 0.6 is 0 Å². The number of nitrogens with zero attached hydrogens (tertiary/aromatic N) is 2. The molecule has 0 bridgehead atoms. The van der Waals surface area contributed by atoms with E-state index in [9.17, 15) is 9.90 Å². The van der Waals surface area contributed by atoms with Gasteiger partial charge in [0, 0.05) is 6.92 Å². The smallest absolute Gasteiger partial charge is 0.308 e. The average molecular weight is 186 g/mol. The summed E-state index contributed by atoms with van der Waals surface area (Å²) in [5, 5.41) is 15.3. The number of carbonyl (C=O) groups excluding carboxylic acids is 1. The zero-order chi connectivity index (χ0) is 10.0. The number of hydrogen-bond donors (Lipinski definition) is 2. The van der Waals surface area contributed by atoms with Gasteiger partial charge in [0.15, 0.2) is 7.05 Å². The maximum absolute atomic E-state index is 10.7. The molecule has 0 aromatic carbocycles. The number of aromatic nitrogens is 2. The fraction of sp³-hybridized carbons (Fsp3) is 0.571. The standard InChI is InChI=1S/C7H11N3O3/c1-4(11)6-7(8-5(2)12)13-9-10(6)3/h4,11H,1-3H3/p+1. The topological polar surface area (TPSA) is 79.2 Å². The van der Waals surface area contributed by atoms with E-state index < -0.39 is 6.10 Å². The molecule has 2 N–H and O–H groups in total. The van der Waals surface area contributed by atoms with Crippen LogP contribution < -0.4 is 10.00 Å². The van der Waals surface area contributed by atoms with Gasteiger partial charge in [0.25, 0.3) is 0 Å². The van der Waals surface area contributed by atoms with Crippen LogP contribution in [0.5, 0.6) is 0 Å². The van der Waals surface area contributed by atoms with Gasteiger partial charge in [-0.05, 0) is 11.6 Å². The van der Waals surface area contributed by atoms with Crippen molar-refractivity contribution in [1.82, 2.24) is 5.27 Å². The van der Waals surface area contributed by atoms with E-state index in [0.29, 0.717) is 5.69 Å². The Morgan fingerprint density at radius 2 is 2.38 bits per heavy atom. The molecular weight excluding hydrogens is 174 g/mol. The second-order valence-corrected chi connectivity index (χ2v) is 2.77. The van der Waals surface area contributed by atoms with Gasteiger partial charge < -0.3 is 5.11 Å². The van der Waals surface area contributed by atoms with Crippen molar-refractivity contribution in [2.24, 2.45) is 7.05 Å². The summed E-state index contributed by atoms with van der Waals surface area (Å²) in [6, 6.07) is 0. The highest BCUT2D eigenvalue weighted by atomic mass is 16.5. The molecule has 1 unspecified atom stereocenters. The lowest BCUT2D eigenvalue weighted by Crippen LogP contribution is -2.35. The van der Waals surface area contributed by atoms with Crippen molar-refractivity contribution < 1.29 is 19.1 Å². The molecule has 0 saturated heterocycles. The first-order valence-corrected chi connectivity index (χ1v) is 3.84. The van der Waals surface area contributed by atoms with Gasteiger partial charge in [0.05, 0.1) is 0 Å². The van der Waals surface area contributed by atoms with E-state index in [1.54, 1.807) is 14.0 Å². The summed E-state index contributed by atoms with van der Waals surface area (Å²) in [5.41, 5.74) is 0.440. The zero-order valence-electron chi connectivity index (χ0n) is 7.74. The molecule has 13 heavy (non-hydrogen) atoms. The Morgan fingerprint density at radius 3 is 2.85 bits per heavy atom. The van der Waals surface area contributed by atoms with Crippen molar-refractivity contribution in [3.8, 4) is 0 Å². The van der Waals surface area contributed by atoms with Crippen molar-refractivity contribution in [2.75, 3.05) is 5.32 Å². The van der Waals surface area contributed by atoms with Crippen molar-refractivity contribution in [3.63, 3.8) is 0 Å². The minimum absolute atomic E-state index is 0.185. The number of nitrogens with one attached hydrogen (secondary N) is 1. The van der Waals surface area contributed by atoms with Gasteiger partial charge in [0.2, 0.25) is 11.2 Å². The summed E-state index contributed by atoms with van der Waals surface area (Å²) in [4.78, 5) is 10.7. The van der Waals surface area contributed by atoms with E-state index in [1.807, 2.05) is 0 Å². The molecule has 0 aliphatic carbocycles. The highest BCUT2D eigenvalue weighted by Gasteiger charge is 2.26. The van der Waals surface area contributed by atoms with E-state index in [0.717, 1.165) is 0 Å². The summed E-state index contributed by atoms with van der Waals surface area (Å²) in [6.07, 6.45) is -0.738. The van der Waals surface area contributed by atoms with E-state index in [4.69, 9.17) is 4.52 Å². The molecule has 1 amide bonds. The monoisotopic (exact) mass is 186 g/mol. The van der Waals surface area contributed by atoms with Gasteiger partial charge >= 0.3 is 11.6 Å². The lowest BCUT2D eigenvalue weighted by molar-refractivity contribution is -0.748. The molecule has 1 heterocycles. The van der Waals surface area contributed by atoms with Crippen molar-refractivity contribution >= 4 is 11.8 Å². The van der Waals surface area contributed by atoms with Crippen LogP contribution in [0.3, 0.4) is 0 Å². The van der Waals surface area contributed by atoms with Crippen LogP contribution in [-0.2, 0) is 11.8 Å². The van der Waals surface area contributed by atoms with Crippen LogP contribution in [0.2, 0.25) is 0 Å². The SMILES string of the molecule is CC(=O)Nc1on[n+](C)c1C(C)O. The van der Waals surface area contributed by atoms with Crippen LogP contribution in [0.4, 0.5) is 5.88 Å². The van der Waals surface area contributed by atoms with E-state index >= 15 is 0 Å². The van der Waals surface area contributed by atoms with E-state index in [-0.39, 0.29) is 11.8 Å². The van der Waals surface area contributed by atoms with Crippen molar-refractivity contribution in [2.45, 2.75) is 20.0 Å². The normalized spacial score (nSPS) is 12.6. The summed E-state index contributed by atoms with van der Waals surface area (Å²) >= 11 is 0. The van der Waals surface area contributed by atoms with Gasteiger partial charge in [-0.2, -0.15) is 0 Å². The number of carbonyl (C=O) groups is 1.